The molecule has 0 radical (unpaired) electrons. The Morgan fingerprint density at radius 3 is 2.41 bits per heavy atom. The number of hydrogen-bond acceptors (Lipinski definition) is 4. The Bertz CT molecular complexity index is 362. The van der Waals surface area contributed by atoms with E-state index in [1.54, 1.807) is 14.2 Å². The first-order valence-electron chi connectivity index (χ1n) is 5.67. The standard InChI is InChI=1S/C13H21NO3/c1-5-17-12-8-10(6-7-11(12)15-3)13(2,9-14)16-4/h6-8H,5,9,14H2,1-4H3. The molecule has 1 aromatic carbocycles. The number of nitrogens with two attached hydrogens (primary N) is 1. The lowest BCUT2D eigenvalue weighted by Gasteiger charge is -2.27. The average Bonchev–Trinajstić information content (AvgIpc) is 2.38. The summed E-state index contributed by atoms with van der Waals surface area (Å²) in [6.07, 6.45) is 0. The van der Waals surface area contributed by atoms with Gasteiger partial charge in [0.2, 0.25) is 0 Å². The fourth-order valence-electron chi connectivity index (χ4n) is 1.59. The molecule has 96 valence electrons. The molecule has 0 aliphatic heterocycles. The zero-order valence-electron chi connectivity index (χ0n) is 10.9. The molecule has 0 aliphatic carbocycles. The van der Waals surface area contributed by atoms with E-state index in [1.165, 1.54) is 0 Å². The molecule has 0 amide bonds. The summed E-state index contributed by atoms with van der Waals surface area (Å²) in [7, 11) is 3.27. The van der Waals surface area contributed by atoms with Crippen LogP contribution in [-0.4, -0.2) is 27.4 Å². The Kier molecular flexibility index (Phi) is 4.78. The highest BCUT2D eigenvalue weighted by Crippen LogP contribution is 2.33. The van der Waals surface area contributed by atoms with Crippen LogP contribution in [0.1, 0.15) is 19.4 Å². The quantitative estimate of drug-likeness (QED) is 0.824. The summed E-state index contributed by atoms with van der Waals surface area (Å²) >= 11 is 0. The summed E-state index contributed by atoms with van der Waals surface area (Å²) < 4.78 is 16.2. The van der Waals surface area contributed by atoms with Gasteiger partial charge in [0.1, 0.15) is 5.60 Å². The highest BCUT2D eigenvalue weighted by Gasteiger charge is 2.25. The lowest BCUT2D eigenvalue weighted by molar-refractivity contribution is 0.00985. The molecule has 17 heavy (non-hydrogen) atoms. The minimum absolute atomic E-state index is 0.404. The van der Waals surface area contributed by atoms with Crippen LogP contribution < -0.4 is 15.2 Å². The molecule has 0 spiro atoms. The van der Waals surface area contributed by atoms with Gasteiger partial charge in [0.15, 0.2) is 11.5 Å². The third kappa shape index (κ3) is 2.90. The summed E-state index contributed by atoms with van der Waals surface area (Å²) in [6.45, 7) is 4.88. The number of hydrogen-bond donors (Lipinski definition) is 1. The summed E-state index contributed by atoms with van der Waals surface area (Å²) in [5.74, 6) is 1.43. The van der Waals surface area contributed by atoms with Gasteiger partial charge in [-0.1, -0.05) is 6.07 Å². The number of rotatable bonds is 6. The van der Waals surface area contributed by atoms with E-state index in [4.69, 9.17) is 19.9 Å². The topological polar surface area (TPSA) is 53.7 Å². The average molecular weight is 239 g/mol. The van der Waals surface area contributed by atoms with Crippen molar-refractivity contribution in [2.45, 2.75) is 19.4 Å². The van der Waals surface area contributed by atoms with Crippen LogP contribution in [0.2, 0.25) is 0 Å². The molecule has 4 nitrogen and oxygen atoms in total. The zero-order valence-corrected chi connectivity index (χ0v) is 10.9. The second kappa shape index (κ2) is 5.89. The van der Waals surface area contributed by atoms with E-state index in [-0.39, 0.29) is 0 Å². The van der Waals surface area contributed by atoms with Gasteiger partial charge in [0.25, 0.3) is 0 Å². The van der Waals surface area contributed by atoms with Gasteiger partial charge >= 0.3 is 0 Å². The van der Waals surface area contributed by atoms with Crippen molar-refractivity contribution in [1.29, 1.82) is 0 Å². The minimum Gasteiger partial charge on any atom is -0.493 e. The van der Waals surface area contributed by atoms with Gasteiger partial charge < -0.3 is 19.9 Å². The molecule has 0 saturated carbocycles. The number of ether oxygens (including phenoxy) is 3. The first-order valence-corrected chi connectivity index (χ1v) is 5.67. The van der Waals surface area contributed by atoms with Crippen LogP contribution in [0.4, 0.5) is 0 Å². The van der Waals surface area contributed by atoms with Crippen LogP contribution in [0.15, 0.2) is 18.2 Å². The molecule has 1 atom stereocenters. The van der Waals surface area contributed by atoms with Gasteiger partial charge in [-0.2, -0.15) is 0 Å². The first kappa shape index (κ1) is 13.8. The highest BCUT2D eigenvalue weighted by molar-refractivity contribution is 5.44. The third-order valence-electron chi connectivity index (χ3n) is 2.91. The van der Waals surface area contributed by atoms with Crippen molar-refractivity contribution in [2.75, 3.05) is 27.4 Å². The van der Waals surface area contributed by atoms with Gasteiger partial charge in [0, 0.05) is 13.7 Å². The maximum absolute atomic E-state index is 5.75. The monoisotopic (exact) mass is 239 g/mol. The lowest BCUT2D eigenvalue weighted by atomic mass is 9.95. The third-order valence-corrected chi connectivity index (χ3v) is 2.91. The van der Waals surface area contributed by atoms with E-state index in [0.29, 0.717) is 24.7 Å². The van der Waals surface area contributed by atoms with Crippen LogP contribution in [0.3, 0.4) is 0 Å². The van der Waals surface area contributed by atoms with Crippen molar-refractivity contribution in [3.8, 4) is 11.5 Å². The van der Waals surface area contributed by atoms with Crippen molar-refractivity contribution in [1.82, 2.24) is 0 Å². The maximum Gasteiger partial charge on any atom is 0.161 e. The van der Waals surface area contributed by atoms with E-state index in [2.05, 4.69) is 0 Å². The Morgan fingerprint density at radius 1 is 1.24 bits per heavy atom. The predicted molar refractivity (Wildman–Crippen MR) is 67.6 cm³/mol. The molecule has 4 heteroatoms. The molecule has 1 unspecified atom stereocenters. The molecular formula is C13H21NO3. The Hall–Kier alpha value is -1.26. The second-order valence-corrected chi connectivity index (χ2v) is 3.94. The first-order chi connectivity index (χ1) is 8.11. The Labute approximate surface area is 103 Å². The summed E-state index contributed by atoms with van der Waals surface area (Å²) in [4.78, 5) is 0. The smallest absolute Gasteiger partial charge is 0.161 e. The van der Waals surface area contributed by atoms with E-state index in [1.807, 2.05) is 32.0 Å². The largest absolute Gasteiger partial charge is 0.493 e. The maximum atomic E-state index is 5.75. The molecule has 2 N–H and O–H groups in total. The van der Waals surface area contributed by atoms with Gasteiger partial charge in [-0.3, -0.25) is 0 Å². The lowest BCUT2D eigenvalue weighted by Crippen LogP contribution is -2.33. The second-order valence-electron chi connectivity index (χ2n) is 3.94. The van der Waals surface area contributed by atoms with Gasteiger partial charge in [-0.25, -0.2) is 0 Å². The molecule has 0 heterocycles. The number of methoxy groups -OCH3 is 2. The number of benzene rings is 1. The van der Waals surface area contributed by atoms with E-state index in [9.17, 15) is 0 Å². The van der Waals surface area contributed by atoms with Crippen molar-refractivity contribution in [3.63, 3.8) is 0 Å². The summed E-state index contributed by atoms with van der Waals surface area (Å²) in [5.41, 5.74) is 6.22. The highest BCUT2D eigenvalue weighted by atomic mass is 16.5. The van der Waals surface area contributed by atoms with Crippen LogP contribution in [0.5, 0.6) is 11.5 Å². The normalized spacial score (nSPS) is 14.2. The molecule has 1 aromatic rings. The fourth-order valence-corrected chi connectivity index (χ4v) is 1.59. The van der Waals surface area contributed by atoms with Crippen molar-refractivity contribution >= 4 is 0 Å². The van der Waals surface area contributed by atoms with Gasteiger partial charge in [-0.15, -0.1) is 0 Å². The van der Waals surface area contributed by atoms with Crippen molar-refractivity contribution in [3.05, 3.63) is 23.8 Å². The molecule has 0 aromatic heterocycles. The summed E-state index contributed by atoms with van der Waals surface area (Å²) in [6, 6.07) is 5.73. The van der Waals surface area contributed by atoms with E-state index in [0.717, 1.165) is 5.56 Å². The Morgan fingerprint density at radius 2 is 1.94 bits per heavy atom. The van der Waals surface area contributed by atoms with Crippen LogP contribution in [-0.2, 0) is 10.3 Å². The predicted octanol–water partition coefficient (Wildman–Crippen LogP) is 1.91. The van der Waals surface area contributed by atoms with Gasteiger partial charge in [0.05, 0.1) is 13.7 Å². The van der Waals surface area contributed by atoms with Crippen LogP contribution in [0, 0.1) is 0 Å². The van der Waals surface area contributed by atoms with Crippen molar-refractivity contribution in [2.24, 2.45) is 5.73 Å². The summed E-state index contributed by atoms with van der Waals surface area (Å²) in [5, 5.41) is 0. The van der Waals surface area contributed by atoms with E-state index < -0.39 is 5.60 Å². The van der Waals surface area contributed by atoms with Gasteiger partial charge in [-0.05, 0) is 31.5 Å². The molecule has 0 bridgehead atoms. The zero-order chi connectivity index (χ0) is 12.9. The Balaban J connectivity index is 3.14. The fraction of sp³-hybridized carbons (Fsp3) is 0.538. The SMILES string of the molecule is CCOc1cc(C(C)(CN)OC)ccc1OC. The van der Waals surface area contributed by atoms with Crippen molar-refractivity contribution < 1.29 is 14.2 Å². The van der Waals surface area contributed by atoms with Crippen LogP contribution in [0.25, 0.3) is 0 Å². The molecule has 0 saturated heterocycles. The van der Waals surface area contributed by atoms with E-state index >= 15 is 0 Å². The molecular weight excluding hydrogens is 218 g/mol. The molecule has 1 rings (SSSR count). The molecule has 0 fully saturated rings. The van der Waals surface area contributed by atoms with Crippen LogP contribution >= 0.6 is 0 Å². The molecule has 0 aliphatic rings. The minimum atomic E-state index is -0.502.